The zero-order valence-electron chi connectivity index (χ0n) is 12.8. The Bertz CT molecular complexity index is 734. The van der Waals surface area contributed by atoms with Crippen molar-refractivity contribution in [3.05, 3.63) is 59.7 Å². The number of benzene rings is 2. The van der Waals surface area contributed by atoms with E-state index in [1.54, 1.807) is 12.1 Å². The number of rotatable bonds is 6. The van der Waals surface area contributed by atoms with Crippen molar-refractivity contribution in [3.8, 4) is 5.75 Å². The van der Waals surface area contributed by atoms with Crippen molar-refractivity contribution in [2.45, 2.75) is 13.5 Å². The van der Waals surface area contributed by atoms with Gasteiger partial charge in [-0.25, -0.2) is 4.79 Å². The van der Waals surface area contributed by atoms with Crippen LogP contribution in [0, 0.1) is 6.92 Å². The van der Waals surface area contributed by atoms with Gasteiger partial charge in [-0.05, 0) is 36.8 Å². The van der Waals surface area contributed by atoms with Crippen LogP contribution in [0.3, 0.4) is 0 Å². The summed E-state index contributed by atoms with van der Waals surface area (Å²) in [6.07, 6.45) is 0. The van der Waals surface area contributed by atoms with E-state index < -0.39 is 25.1 Å². The highest BCUT2D eigenvalue weighted by Crippen LogP contribution is 2.17. The summed E-state index contributed by atoms with van der Waals surface area (Å²) in [5, 5.41) is 2.61. The first-order valence-corrected chi connectivity index (χ1v) is 7.03. The second kappa shape index (κ2) is 8.05. The van der Waals surface area contributed by atoms with E-state index in [1.165, 1.54) is 18.2 Å². The number of aryl methyl sites for hydroxylation is 1. The van der Waals surface area contributed by atoms with Crippen LogP contribution in [0.4, 0.5) is 14.5 Å². The Hall–Kier alpha value is -2.96. The van der Waals surface area contributed by atoms with Crippen LogP contribution in [0.25, 0.3) is 0 Å². The third-order valence-electron chi connectivity index (χ3n) is 3.05. The number of anilines is 1. The largest absolute Gasteiger partial charge is 0.452 e. The third-order valence-corrected chi connectivity index (χ3v) is 3.05. The van der Waals surface area contributed by atoms with Crippen molar-refractivity contribution in [2.75, 3.05) is 11.9 Å². The summed E-state index contributed by atoms with van der Waals surface area (Å²) in [4.78, 5) is 23.7. The topological polar surface area (TPSA) is 64.6 Å². The first-order valence-electron chi connectivity index (χ1n) is 7.03. The highest BCUT2D eigenvalue weighted by molar-refractivity contribution is 5.96. The van der Waals surface area contributed by atoms with Gasteiger partial charge in [-0.2, -0.15) is 8.78 Å². The second-order valence-corrected chi connectivity index (χ2v) is 4.85. The number of para-hydroxylation sites is 1. The molecule has 0 spiro atoms. The Morgan fingerprint density at radius 2 is 1.88 bits per heavy atom. The predicted octanol–water partition coefficient (Wildman–Crippen LogP) is 3.39. The van der Waals surface area contributed by atoms with Crippen molar-refractivity contribution < 1.29 is 27.8 Å². The first kappa shape index (κ1) is 17.4. The number of ether oxygens (including phenoxy) is 2. The molecule has 0 aliphatic rings. The minimum Gasteiger partial charge on any atom is -0.452 e. The van der Waals surface area contributed by atoms with Crippen LogP contribution >= 0.6 is 0 Å². The molecule has 0 saturated heterocycles. The number of halogens is 2. The van der Waals surface area contributed by atoms with Crippen molar-refractivity contribution in [1.82, 2.24) is 0 Å². The predicted molar refractivity (Wildman–Crippen MR) is 83.2 cm³/mol. The number of hydrogen-bond donors (Lipinski definition) is 1. The minimum absolute atomic E-state index is 0.0110. The van der Waals surface area contributed by atoms with Crippen LogP contribution in [0.5, 0.6) is 5.75 Å². The maximum atomic E-state index is 12.2. The molecule has 0 radical (unpaired) electrons. The van der Waals surface area contributed by atoms with Crippen molar-refractivity contribution in [2.24, 2.45) is 0 Å². The van der Waals surface area contributed by atoms with Crippen LogP contribution < -0.4 is 10.1 Å². The molecular weight excluding hydrogens is 320 g/mol. The summed E-state index contributed by atoms with van der Waals surface area (Å²) >= 11 is 0. The van der Waals surface area contributed by atoms with Gasteiger partial charge >= 0.3 is 12.6 Å². The molecule has 0 fully saturated rings. The number of esters is 1. The minimum atomic E-state index is -2.99. The van der Waals surface area contributed by atoms with Crippen LogP contribution in [0.15, 0.2) is 48.5 Å². The van der Waals surface area contributed by atoms with Crippen LogP contribution in [0.2, 0.25) is 0 Å². The van der Waals surface area contributed by atoms with Crippen molar-refractivity contribution in [3.63, 3.8) is 0 Å². The van der Waals surface area contributed by atoms with Gasteiger partial charge in [0.2, 0.25) is 0 Å². The number of carbonyl (C=O) groups excluding carboxylic acids is 2. The Labute approximate surface area is 137 Å². The fourth-order valence-corrected chi connectivity index (χ4v) is 1.91. The fraction of sp³-hybridized carbons (Fsp3) is 0.176. The van der Waals surface area contributed by atoms with Gasteiger partial charge in [-0.1, -0.05) is 24.3 Å². The van der Waals surface area contributed by atoms with Crippen molar-refractivity contribution in [1.29, 1.82) is 0 Å². The summed E-state index contributed by atoms with van der Waals surface area (Å²) < 4.78 is 33.4. The summed E-state index contributed by atoms with van der Waals surface area (Å²) in [5.41, 5.74) is 1.50. The van der Waals surface area contributed by atoms with Gasteiger partial charge in [-0.15, -0.1) is 0 Å². The van der Waals surface area contributed by atoms with E-state index in [2.05, 4.69) is 10.1 Å². The maximum Gasteiger partial charge on any atom is 0.387 e. The van der Waals surface area contributed by atoms with Gasteiger partial charge in [0.05, 0.1) is 5.56 Å². The molecule has 24 heavy (non-hydrogen) atoms. The monoisotopic (exact) mass is 335 g/mol. The molecule has 0 aliphatic carbocycles. The van der Waals surface area contributed by atoms with E-state index >= 15 is 0 Å². The molecule has 0 heterocycles. The van der Waals surface area contributed by atoms with Gasteiger partial charge < -0.3 is 14.8 Å². The lowest BCUT2D eigenvalue weighted by Crippen LogP contribution is -2.21. The average Bonchev–Trinajstić information content (AvgIpc) is 2.54. The van der Waals surface area contributed by atoms with Gasteiger partial charge in [0.15, 0.2) is 6.61 Å². The lowest BCUT2D eigenvalue weighted by molar-refractivity contribution is -0.119. The van der Waals surface area contributed by atoms with E-state index in [9.17, 15) is 18.4 Å². The molecule has 0 aromatic heterocycles. The molecule has 126 valence electrons. The molecule has 0 saturated carbocycles. The van der Waals surface area contributed by atoms with Crippen LogP contribution in [-0.4, -0.2) is 25.1 Å². The summed E-state index contributed by atoms with van der Waals surface area (Å²) in [7, 11) is 0. The third kappa shape index (κ3) is 5.05. The van der Waals surface area contributed by atoms with E-state index in [4.69, 9.17) is 4.74 Å². The van der Waals surface area contributed by atoms with E-state index in [0.717, 1.165) is 11.6 Å². The second-order valence-electron chi connectivity index (χ2n) is 4.85. The van der Waals surface area contributed by atoms with Gasteiger partial charge in [-0.3, -0.25) is 4.79 Å². The molecule has 7 heteroatoms. The lowest BCUT2D eigenvalue weighted by atomic mass is 10.2. The van der Waals surface area contributed by atoms with Crippen molar-refractivity contribution >= 4 is 17.6 Å². The number of amides is 1. The lowest BCUT2D eigenvalue weighted by Gasteiger charge is -2.09. The highest BCUT2D eigenvalue weighted by atomic mass is 19.3. The Morgan fingerprint density at radius 1 is 1.12 bits per heavy atom. The Kier molecular flexibility index (Phi) is 5.83. The van der Waals surface area contributed by atoms with Crippen LogP contribution in [0.1, 0.15) is 15.9 Å². The summed E-state index contributed by atoms with van der Waals surface area (Å²) in [5.74, 6) is -1.48. The number of nitrogens with one attached hydrogen (secondary N) is 1. The van der Waals surface area contributed by atoms with Gasteiger partial charge in [0.25, 0.3) is 5.91 Å². The normalized spacial score (nSPS) is 10.3. The Balaban J connectivity index is 1.91. The zero-order valence-corrected chi connectivity index (χ0v) is 12.8. The molecule has 0 bridgehead atoms. The zero-order chi connectivity index (χ0) is 17.5. The van der Waals surface area contributed by atoms with Gasteiger partial charge in [0.1, 0.15) is 5.75 Å². The fourth-order valence-electron chi connectivity index (χ4n) is 1.91. The summed E-state index contributed by atoms with van der Waals surface area (Å²) in [6.45, 7) is -1.65. The molecule has 1 amide bonds. The number of alkyl halides is 2. The molecule has 1 N–H and O–H groups in total. The molecule has 2 rings (SSSR count). The molecule has 2 aromatic carbocycles. The number of carbonyl (C=O) groups is 2. The molecule has 0 unspecified atom stereocenters. The first-order chi connectivity index (χ1) is 11.5. The molecule has 0 aliphatic heterocycles. The van der Waals surface area contributed by atoms with Crippen LogP contribution in [-0.2, 0) is 9.53 Å². The van der Waals surface area contributed by atoms with Gasteiger partial charge in [0, 0.05) is 5.69 Å². The van der Waals surface area contributed by atoms with E-state index in [1.807, 2.05) is 19.1 Å². The average molecular weight is 335 g/mol. The number of hydrogen-bond acceptors (Lipinski definition) is 4. The smallest absolute Gasteiger partial charge is 0.387 e. The SMILES string of the molecule is Cc1ccccc1NC(=O)COC(=O)c1cccc(OC(F)F)c1. The van der Waals surface area contributed by atoms with E-state index in [-0.39, 0.29) is 11.3 Å². The molecule has 5 nitrogen and oxygen atoms in total. The quantitative estimate of drug-likeness (QED) is 0.822. The maximum absolute atomic E-state index is 12.2. The Morgan fingerprint density at radius 3 is 2.58 bits per heavy atom. The summed E-state index contributed by atoms with van der Waals surface area (Å²) in [6, 6.07) is 12.3. The van der Waals surface area contributed by atoms with E-state index in [0.29, 0.717) is 5.69 Å². The molecule has 0 atom stereocenters. The standard InChI is InChI=1S/C17H15F2NO4/c1-11-5-2-3-8-14(11)20-15(21)10-23-16(22)12-6-4-7-13(9-12)24-17(18)19/h2-9,17H,10H2,1H3,(H,20,21). The highest BCUT2D eigenvalue weighted by Gasteiger charge is 2.13. The molecule has 2 aromatic rings. The molecular formula is C17H15F2NO4.